The zero-order valence-electron chi connectivity index (χ0n) is 14.9. The summed E-state index contributed by atoms with van der Waals surface area (Å²) in [6.07, 6.45) is 0.843. The zero-order chi connectivity index (χ0) is 18.3. The van der Waals surface area contributed by atoms with Gasteiger partial charge in [-0.1, -0.05) is 35.9 Å². The summed E-state index contributed by atoms with van der Waals surface area (Å²) in [6.45, 7) is 5.53. The van der Waals surface area contributed by atoms with Crippen LogP contribution >= 0.6 is 11.6 Å². The number of rotatable bonds is 3. The van der Waals surface area contributed by atoms with Gasteiger partial charge in [0.15, 0.2) is 0 Å². The predicted octanol–water partition coefficient (Wildman–Crippen LogP) is 3.83. The van der Waals surface area contributed by atoms with Crippen LogP contribution in [-0.2, 0) is 13.0 Å². The topological polar surface area (TPSA) is 41.3 Å². The van der Waals surface area contributed by atoms with Crippen molar-refractivity contribution < 1.29 is 9.31 Å². The van der Waals surface area contributed by atoms with E-state index in [2.05, 4.69) is 45.9 Å². The molecule has 0 amide bonds. The average Bonchev–Trinajstić information content (AvgIpc) is 2.66. The molecule has 0 spiro atoms. The first-order valence-corrected chi connectivity index (χ1v) is 8.86. The molecule has 0 aliphatic carbocycles. The van der Waals surface area contributed by atoms with Crippen molar-refractivity contribution in [3.63, 3.8) is 0 Å². The monoisotopic (exact) mass is 367 g/mol. The average molecular weight is 368 g/mol. The third-order valence-corrected chi connectivity index (χ3v) is 5.05. The summed E-state index contributed by atoms with van der Waals surface area (Å²) in [5.74, 6) is 0.822. The number of benzene rings is 2. The number of nitrogens with zero attached hydrogens (tertiary/aromatic N) is 4. The van der Waals surface area contributed by atoms with Crippen molar-refractivity contribution >= 4 is 40.6 Å². The fourth-order valence-electron chi connectivity index (χ4n) is 3.54. The molecule has 0 atom stereocenters. The Hall–Kier alpha value is -2.66. The van der Waals surface area contributed by atoms with Crippen LogP contribution < -0.4 is 9.64 Å². The molecule has 0 radical (unpaired) electrons. The number of anilines is 1. The van der Waals surface area contributed by atoms with Crippen LogP contribution in [0.4, 0.5) is 11.5 Å². The second-order valence-electron chi connectivity index (χ2n) is 6.44. The third kappa shape index (κ3) is 2.78. The van der Waals surface area contributed by atoms with Crippen molar-refractivity contribution in [1.29, 1.82) is 0 Å². The molecule has 2 heterocycles. The van der Waals surface area contributed by atoms with Crippen LogP contribution in [0.15, 0.2) is 36.4 Å². The number of ether oxygens (including phenoxy) is 1. The van der Waals surface area contributed by atoms with Gasteiger partial charge in [-0.05, 0) is 17.5 Å². The van der Waals surface area contributed by atoms with Gasteiger partial charge in [-0.2, -0.15) is 4.98 Å². The summed E-state index contributed by atoms with van der Waals surface area (Å²) in [4.78, 5) is 11.4. The van der Waals surface area contributed by atoms with Gasteiger partial charge in [0.1, 0.15) is 0 Å². The molecule has 26 heavy (non-hydrogen) atoms. The van der Waals surface area contributed by atoms with Crippen LogP contribution in [0.3, 0.4) is 0 Å². The highest BCUT2D eigenvalue weighted by Gasteiger charge is 2.29. The molecular weight excluding hydrogens is 348 g/mol. The standard InChI is InChI=1S/C20H20ClN4O/c1-24(2)19-14-10-11-25(12-16(14)22-20(23-19)26-3)17-9-5-7-13-6-4-8-15(21)18(13)17/h4-9H,1,10-12H2,2-3H3/q+1. The van der Waals surface area contributed by atoms with Gasteiger partial charge >= 0.3 is 11.8 Å². The van der Waals surface area contributed by atoms with E-state index in [1.165, 1.54) is 0 Å². The molecule has 0 fully saturated rings. The third-order valence-electron chi connectivity index (χ3n) is 4.74. The van der Waals surface area contributed by atoms with E-state index in [0.717, 1.165) is 51.5 Å². The summed E-state index contributed by atoms with van der Waals surface area (Å²) in [6, 6.07) is 12.6. The van der Waals surface area contributed by atoms with Crippen LogP contribution in [-0.4, -0.2) is 42.0 Å². The van der Waals surface area contributed by atoms with Crippen LogP contribution in [0.5, 0.6) is 6.01 Å². The Morgan fingerprint density at radius 1 is 1.19 bits per heavy atom. The number of fused-ring (bicyclic) bond motifs is 2. The Morgan fingerprint density at radius 2 is 1.96 bits per heavy atom. The van der Waals surface area contributed by atoms with Gasteiger partial charge in [-0.15, -0.1) is 0 Å². The van der Waals surface area contributed by atoms with E-state index in [1.54, 1.807) is 11.7 Å². The first-order chi connectivity index (χ1) is 12.6. The minimum atomic E-state index is 0.368. The Balaban J connectivity index is 1.81. The van der Waals surface area contributed by atoms with E-state index < -0.39 is 0 Å². The second kappa shape index (κ2) is 6.57. The van der Waals surface area contributed by atoms with E-state index in [-0.39, 0.29) is 0 Å². The van der Waals surface area contributed by atoms with Crippen molar-refractivity contribution in [2.45, 2.75) is 13.0 Å². The lowest BCUT2D eigenvalue weighted by Crippen LogP contribution is -2.32. The highest BCUT2D eigenvalue weighted by molar-refractivity contribution is 6.36. The lowest BCUT2D eigenvalue weighted by atomic mass is 10.0. The van der Waals surface area contributed by atoms with Crippen molar-refractivity contribution in [2.75, 3.05) is 25.6 Å². The molecule has 2 aromatic carbocycles. The number of hydrogen-bond acceptors (Lipinski definition) is 4. The lowest BCUT2D eigenvalue weighted by Gasteiger charge is -2.30. The van der Waals surface area contributed by atoms with Crippen molar-refractivity contribution in [1.82, 2.24) is 9.97 Å². The molecule has 0 N–H and O–H groups in total. The van der Waals surface area contributed by atoms with E-state index in [1.807, 2.05) is 19.2 Å². The van der Waals surface area contributed by atoms with Crippen LogP contribution in [0.25, 0.3) is 10.8 Å². The maximum absolute atomic E-state index is 6.51. The second-order valence-corrected chi connectivity index (χ2v) is 6.85. The van der Waals surface area contributed by atoms with Gasteiger partial charge in [0.2, 0.25) is 0 Å². The summed E-state index contributed by atoms with van der Waals surface area (Å²) in [5, 5.41) is 2.98. The molecule has 0 unspecified atom stereocenters. The molecule has 0 saturated carbocycles. The SMILES string of the molecule is C=[N+](C)c1nc(OC)nc2c1CCN(c1cccc3cccc(Cl)c13)C2. The highest BCUT2D eigenvalue weighted by Crippen LogP contribution is 2.36. The van der Waals surface area contributed by atoms with Crippen molar-refractivity contribution in [3.05, 3.63) is 52.7 Å². The molecule has 0 saturated heterocycles. The quantitative estimate of drug-likeness (QED) is 0.521. The molecular formula is C20H20ClN4O+. The Bertz CT molecular complexity index is 1010. The predicted molar refractivity (Wildman–Crippen MR) is 105 cm³/mol. The molecule has 4 rings (SSSR count). The summed E-state index contributed by atoms with van der Waals surface area (Å²) in [7, 11) is 3.47. The van der Waals surface area contributed by atoms with Gasteiger partial charge in [0, 0.05) is 29.0 Å². The molecule has 1 aliphatic heterocycles. The summed E-state index contributed by atoms with van der Waals surface area (Å²) >= 11 is 6.51. The maximum atomic E-state index is 6.51. The van der Waals surface area contributed by atoms with Gasteiger partial charge in [0.05, 0.1) is 43.7 Å². The van der Waals surface area contributed by atoms with E-state index in [4.69, 9.17) is 16.3 Å². The minimum absolute atomic E-state index is 0.368. The lowest BCUT2D eigenvalue weighted by molar-refractivity contribution is -0.400. The largest absolute Gasteiger partial charge is 0.448 e. The molecule has 1 aliphatic rings. The van der Waals surface area contributed by atoms with Crippen molar-refractivity contribution in [2.24, 2.45) is 0 Å². The van der Waals surface area contributed by atoms with Crippen LogP contribution in [0, 0.1) is 0 Å². The van der Waals surface area contributed by atoms with Gasteiger partial charge in [0.25, 0.3) is 0 Å². The highest BCUT2D eigenvalue weighted by atomic mass is 35.5. The fourth-order valence-corrected chi connectivity index (χ4v) is 3.82. The number of aromatic nitrogens is 2. The molecule has 6 heteroatoms. The Labute approximate surface area is 157 Å². The smallest absolute Gasteiger partial charge is 0.433 e. The fraction of sp³-hybridized carbons (Fsp3) is 0.250. The van der Waals surface area contributed by atoms with E-state index in [0.29, 0.717) is 12.6 Å². The van der Waals surface area contributed by atoms with Crippen LogP contribution in [0.2, 0.25) is 5.02 Å². The number of methoxy groups -OCH3 is 1. The van der Waals surface area contributed by atoms with Gasteiger partial charge in [-0.25, -0.2) is 4.58 Å². The normalized spacial score (nSPS) is 13.6. The van der Waals surface area contributed by atoms with Gasteiger partial charge in [-0.3, -0.25) is 0 Å². The molecule has 3 aromatic rings. The molecule has 5 nitrogen and oxygen atoms in total. The van der Waals surface area contributed by atoms with E-state index in [9.17, 15) is 0 Å². The van der Waals surface area contributed by atoms with Crippen LogP contribution in [0.1, 0.15) is 11.3 Å². The minimum Gasteiger partial charge on any atom is -0.448 e. The number of halogens is 1. The van der Waals surface area contributed by atoms with E-state index >= 15 is 0 Å². The van der Waals surface area contributed by atoms with Gasteiger partial charge < -0.3 is 9.64 Å². The molecule has 0 bridgehead atoms. The van der Waals surface area contributed by atoms with Crippen molar-refractivity contribution in [3.8, 4) is 6.01 Å². The molecule has 1 aromatic heterocycles. The molecule has 132 valence electrons. The first-order valence-electron chi connectivity index (χ1n) is 8.48. The Kier molecular flexibility index (Phi) is 4.24. The number of hydrogen-bond donors (Lipinski definition) is 0. The first kappa shape index (κ1) is 16.8. The maximum Gasteiger partial charge on any atom is 0.433 e. The summed E-state index contributed by atoms with van der Waals surface area (Å²) < 4.78 is 7.06. The zero-order valence-corrected chi connectivity index (χ0v) is 15.6. The Morgan fingerprint density at radius 3 is 2.69 bits per heavy atom. The summed E-state index contributed by atoms with van der Waals surface area (Å²) in [5.41, 5.74) is 3.23.